The van der Waals surface area contributed by atoms with Crippen LogP contribution in [0.5, 0.6) is 5.75 Å². The number of hydrogen-bond acceptors (Lipinski definition) is 5. The summed E-state index contributed by atoms with van der Waals surface area (Å²) >= 11 is 5.84. The van der Waals surface area contributed by atoms with Gasteiger partial charge in [-0.3, -0.25) is 14.6 Å². The summed E-state index contributed by atoms with van der Waals surface area (Å²) in [5.74, 6) is 1.25. The Morgan fingerprint density at radius 1 is 1.32 bits per heavy atom. The molecular weight excluding hydrogens is 382 g/mol. The van der Waals surface area contributed by atoms with Crippen molar-refractivity contribution in [2.75, 3.05) is 11.9 Å². The number of benzene rings is 1. The van der Waals surface area contributed by atoms with E-state index < -0.39 is 0 Å². The minimum Gasteiger partial charge on any atom is -0.484 e. The summed E-state index contributed by atoms with van der Waals surface area (Å²) in [6, 6.07) is 9.95. The third kappa shape index (κ3) is 4.23. The highest BCUT2D eigenvalue weighted by atomic mass is 35.5. The molecule has 9 heteroatoms. The van der Waals surface area contributed by atoms with Crippen LogP contribution in [0.15, 0.2) is 41.2 Å². The van der Waals surface area contributed by atoms with Gasteiger partial charge in [-0.2, -0.15) is 9.78 Å². The van der Waals surface area contributed by atoms with E-state index in [0.29, 0.717) is 28.2 Å². The van der Waals surface area contributed by atoms with E-state index in [4.69, 9.17) is 16.3 Å². The predicted octanol–water partition coefficient (Wildman–Crippen LogP) is 2.81. The van der Waals surface area contributed by atoms with Crippen LogP contribution in [0, 0.1) is 6.92 Å². The Bertz CT molecular complexity index is 1070. The fourth-order valence-electron chi connectivity index (χ4n) is 2.75. The lowest BCUT2D eigenvalue weighted by Crippen LogP contribution is -2.23. The number of rotatable bonds is 6. The average molecular weight is 400 g/mol. The SMILES string of the molecule is Cc1cc(=O)[nH]c(-n2nc(C3CC3)cc2NC(=O)COc2ccc(Cl)cc2)n1. The molecule has 1 aliphatic rings. The van der Waals surface area contributed by atoms with Crippen molar-refractivity contribution >= 4 is 23.3 Å². The van der Waals surface area contributed by atoms with Gasteiger partial charge in [0.1, 0.15) is 11.6 Å². The summed E-state index contributed by atoms with van der Waals surface area (Å²) in [5, 5.41) is 7.89. The van der Waals surface area contributed by atoms with Gasteiger partial charge in [-0.15, -0.1) is 0 Å². The van der Waals surface area contributed by atoms with Crippen LogP contribution in [0.3, 0.4) is 0 Å². The molecule has 1 amide bonds. The van der Waals surface area contributed by atoms with Gasteiger partial charge in [0.2, 0.25) is 5.95 Å². The van der Waals surface area contributed by atoms with Crippen molar-refractivity contribution in [1.82, 2.24) is 19.7 Å². The molecule has 2 heterocycles. The zero-order valence-electron chi connectivity index (χ0n) is 15.1. The van der Waals surface area contributed by atoms with Crippen LogP contribution in [0.25, 0.3) is 5.95 Å². The number of carbonyl (C=O) groups excluding carboxylic acids is 1. The van der Waals surface area contributed by atoms with Gasteiger partial charge in [0.05, 0.1) is 5.69 Å². The zero-order chi connectivity index (χ0) is 19.7. The third-order valence-electron chi connectivity index (χ3n) is 4.23. The molecule has 0 aliphatic heterocycles. The van der Waals surface area contributed by atoms with Gasteiger partial charge in [-0.1, -0.05) is 11.6 Å². The van der Waals surface area contributed by atoms with Gasteiger partial charge < -0.3 is 10.1 Å². The van der Waals surface area contributed by atoms with E-state index in [2.05, 4.69) is 20.4 Å². The number of H-pyrrole nitrogens is 1. The molecule has 0 radical (unpaired) electrons. The fraction of sp³-hybridized carbons (Fsp3) is 0.263. The van der Waals surface area contributed by atoms with Crippen LogP contribution >= 0.6 is 11.6 Å². The number of anilines is 1. The zero-order valence-corrected chi connectivity index (χ0v) is 15.9. The van der Waals surface area contributed by atoms with Crippen molar-refractivity contribution in [2.45, 2.75) is 25.7 Å². The summed E-state index contributed by atoms with van der Waals surface area (Å²) in [6.07, 6.45) is 2.11. The number of ether oxygens (including phenoxy) is 1. The highest BCUT2D eigenvalue weighted by molar-refractivity contribution is 6.30. The van der Waals surface area contributed by atoms with E-state index in [9.17, 15) is 9.59 Å². The van der Waals surface area contributed by atoms with E-state index in [1.165, 1.54) is 10.7 Å². The summed E-state index contributed by atoms with van der Waals surface area (Å²) in [5.41, 5.74) is 1.14. The molecule has 28 heavy (non-hydrogen) atoms. The van der Waals surface area contributed by atoms with Crippen molar-refractivity contribution in [1.29, 1.82) is 0 Å². The molecule has 8 nitrogen and oxygen atoms in total. The number of halogens is 1. The first kappa shape index (κ1) is 18.2. The largest absolute Gasteiger partial charge is 0.484 e. The lowest BCUT2D eigenvalue weighted by atomic mass is 10.3. The molecule has 4 rings (SSSR count). The van der Waals surface area contributed by atoms with E-state index in [1.54, 1.807) is 37.3 Å². The molecule has 2 aromatic heterocycles. The second-order valence-electron chi connectivity index (χ2n) is 6.64. The Morgan fingerprint density at radius 3 is 2.75 bits per heavy atom. The second-order valence-corrected chi connectivity index (χ2v) is 7.08. The minimum absolute atomic E-state index is 0.177. The van der Waals surface area contributed by atoms with Gasteiger partial charge in [0.15, 0.2) is 6.61 Å². The Balaban J connectivity index is 1.53. The average Bonchev–Trinajstić information content (AvgIpc) is 3.41. The monoisotopic (exact) mass is 399 g/mol. The molecule has 1 saturated carbocycles. The maximum absolute atomic E-state index is 12.4. The maximum atomic E-state index is 12.4. The predicted molar refractivity (Wildman–Crippen MR) is 104 cm³/mol. The van der Waals surface area contributed by atoms with Crippen LogP contribution in [0.4, 0.5) is 5.82 Å². The Kier molecular flexibility index (Phi) is 4.87. The number of amides is 1. The van der Waals surface area contributed by atoms with Crippen molar-refractivity contribution in [3.8, 4) is 11.7 Å². The highest BCUT2D eigenvalue weighted by Gasteiger charge is 2.28. The number of aryl methyl sites for hydroxylation is 1. The van der Waals surface area contributed by atoms with E-state index in [1.807, 2.05) is 0 Å². The summed E-state index contributed by atoms with van der Waals surface area (Å²) in [7, 11) is 0. The lowest BCUT2D eigenvalue weighted by Gasteiger charge is -2.09. The van der Waals surface area contributed by atoms with Gasteiger partial charge in [-0.25, -0.2) is 4.98 Å². The molecule has 0 unspecified atom stereocenters. The van der Waals surface area contributed by atoms with E-state index in [-0.39, 0.29) is 24.0 Å². The molecule has 1 aromatic carbocycles. The number of carbonyl (C=O) groups is 1. The summed E-state index contributed by atoms with van der Waals surface area (Å²) in [6.45, 7) is 1.55. The quantitative estimate of drug-likeness (QED) is 0.663. The standard InChI is InChI=1S/C19H18ClN5O3/c1-11-8-17(26)23-19(21-11)25-16(9-15(24-25)12-2-3-12)22-18(27)10-28-14-6-4-13(20)5-7-14/h4-9,12H,2-3,10H2,1H3,(H,22,27)(H,21,23,26). The van der Waals surface area contributed by atoms with E-state index in [0.717, 1.165) is 18.5 Å². The number of aromatic nitrogens is 4. The number of aromatic amines is 1. The van der Waals surface area contributed by atoms with Crippen molar-refractivity contribution in [3.05, 3.63) is 63.2 Å². The molecule has 0 atom stereocenters. The first-order valence-corrected chi connectivity index (χ1v) is 9.22. The molecule has 2 N–H and O–H groups in total. The molecular formula is C19H18ClN5O3. The smallest absolute Gasteiger partial charge is 0.263 e. The van der Waals surface area contributed by atoms with Crippen molar-refractivity contribution in [2.24, 2.45) is 0 Å². The summed E-state index contributed by atoms with van der Waals surface area (Å²) in [4.78, 5) is 31.1. The highest BCUT2D eigenvalue weighted by Crippen LogP contribution is 2.40. The van der Waals surface area contributed by atoms with Gasteiger partial charge in [0.25, 0.3) is 11.5 Å². The Labute approximate surface area is 165 Å². The van der Waals surface area contributed by atoms with Crippen LogP contribution in [0.1, 0.15) is 30.1 Å². The molecule has 3 aromatic rings. The molecule has 144 valence electrons. The van der Waals surface area contributed by atoms with Crippen LogP contribution in [0.2, 0.25) is 5.02 Å². The van der Waals surface area contributed by atoms with Gasteiger partial charge in [0, 0.05) is 28.8 Å². The number of nitrogens with one attached hydrogen (secondary N) is 2. The van der Waals surface area contributed by atoms with Crippen molar-refractivity contribution < 1.29 is 9.53 Å². The molecule has 1 aliphatic carbocycles. The topological polar surface area (TPSA) is 102 Å². The molecule has 1 fully saturated rings. The number of hydrogen-bond donors (Lipinski definition) is 2. The Hall–Kier alpha value is -3.13. The third-order valence-corrected chi connectivity index (χ3v) is 4.48. The Morgan fingerprint density at radius 2 is 2.07 bits per heavy atom. The molecule has 0 bridgehead atoms. The van der Waals surface area contributed by atoms with Gasteiger partial charge in [-0.05, 0) is 44.0 Å². The number of nitrogens with zero attached hydrogens (tertiary/aromatic N) is 3. The van der Waals surface area contributed by atoms with Crippen molar-refractivity contribution in [3.63, 3.8) is 0 Å². The first-order valence-electron chi connectivity index (χ1n) is 8.84. The molecule has 0 saturated heterocycles. The maximum Gasteiger partial charge on any atom is 0.263 e. The minimum atomic E-state index is -0.353. The van der Waals surface area contributed by atoms with E-state index >= 15 is 0 Å². The second kappa shape index (κ2) is 7.47. The van der Waals surface area contributed by atoms with Crippen LogP contribution in [-0.4, -0.2) is 32.3 Å². The van der Waals surface area contributed by atoms with Crippen LogP contribution < -0.4 is 15.6 Å². The fourth-order valence-corrected chi connectivity index (χ4v) is 2.88. The van der Waals surface area contributed by atoms with Crippen LogP contribution in [-0.2, 0) is 4.79 Å². The molecule has 0 spiro atoms. The summed E-state index contributed by atoms with van der Waals surface area (Å²) < 4.78 is 6.92. The lowest BCUT2D eigenvalue weighted by molar-refractivity contribution is -0.118. The first-order chi connectivity index (χ1) is 13.5. The normalized spacial score (nSPS) is 13.4. The van der Waals surface area contributed by atoms with Gasteiger partial charge >= 0.3 is 0 Å².